The van der Waals surface area contributed by atoms with Gasteiger partial charge in [-0.3, -0.25) is 9.59 Å². The second-order valence-corrected chi connectivity index (χ2v) is 6.87. The van der Waals surface area contributed by atoms with E-state index in [0.717, 1.165) is 0 Å². The zero-order valence-corrected chi connectivity index (χ0v) is 17.2. The van der Waals surface area contributed by atoms with Crippen LogP contribution in [0.2, 0.25) is 5.02 Å². The van der Waals surface area contributed by atoms with E-state index in [0.29, 0.717) is 54.6 Å². The molecule has 8 nitrogen and oxygen atoms in total. The van der Waals surface area contributed by atoms with Crippen molar-refractivity contribution in [2.75, 3.05) is 33.4 Å². The zero-order valence-electron chi connectivity index (χ0n) is 16.5. The number of primary amides is 1. The Morgan fingerprint density at radius 1 is 1.28 bits per heavy atom. The Bertz CT molecular complexity index is 787. The number of likely N-dealkylation sites (tertiary alicyclic amines) is 1. The Labute approximate surface area is 174 Å². The van der Waals surface area contributed by atoms with Crippen molar-refractivity contribution in [3.63, 3.8) is 0 Å². The first-order valence-corrected chi connectivity index (χ1v) is 9.65. The molecule has 1 aromatic rings. The minimum atomic E-state index is -0.657. The van der Waals surface area contributed by atoms with Gasteiger partial charge < -0.3 is 24.8 Å². The minimum Gasteiger partial charge on any atom is -0.491 e. The normalized spacial score (nSPS) is 14.7. The van der Waals surface area contributed by atoms with Crippen molar-refractivity contribution in [2.24, 2.45) is 11.7 Å². The van der Waals surface area contributed by atoms with Crippen LogP contribution >= 0.6 is 11.6 Å². The molecule has 0 spiro atoms. The lowest BCUT2D eigenvalue weighted by molar-refractivity contribution is -0.149. The number of methoxy groups -OCH3 is 1. The number of carbonyl (C=O) groups is 3. The topological polar surface area (TPSA) is 108 Å². The first-order valence-electron chi connectivity index (χ1n) is 9.28. The van der Waals surface area contributed by atoms with Crippen molar-refractivity contribution in [3.05, 3.63) is 28.8 Å². The predicted octanol–water partition coefficient (Wildman–Crippen LogP) is 2.03. The van der Waals surface area contributed by atoms with E-state index in [2.05, 4.69) is 0 Å². The van der Waals surface area contributed by atoms with Crippen molar-refractivity contribution in [3.8, 4) is 11.5 Å². The lowest BCUT2D eigenvalue weighted by atomic mass is 9.96. The van der Waals surface area contributed by atoms with Crippen molar-refractivity contribution < 1.29 is 28.6 Å². The predicted molar refractivity (Wildman–Crippen MR) is 108 cm³/mol. The van der Waals surface area contributed by atoms with Crippen LogP contribution in [0, 0.1) is 5.92 Å². The number of carbonyl (C=O) groups excluding carboxylic acids is 3. The van der Waals surface area contributed by atoms with Crippen molar-refractivity contribution in [1.82, 2.24) is 4.90 Å². The van der Waals surface area contributed by atoms with Crippen LogP contribution in [0.4, 0.5) is 0 Å². The maximum absolute atomic E-state index is 12.1. The fourth-order valence-corrected chi connectivity index (χ4v) is 3.29. The fourth-order valence-electron chi connectivity index (χ4n) is 3.00. The highest BCUT2D eigenvalue weighted by atomic mass is 35.5. The van der Waals surface area contributed by atoms with Gasteiger partial charge in [-0.05, 0) is 43.5 Å². The van der Waals surface area contributed by atoms with Crippen LogP contribution in [-0.4, -0.2) is 56.1 Å². The zero-order chi connectivity index (χ0) is 21.4. The number of halogens is 1. The summed E-state index contributed by atoms with van der Waals surface area (Å²) in [5, 5.41) is 0.348. The number of hydrogen-bond donors (Lipinski definition) is 1. The molecule has 1 aromatic carbocycles. The molecule has 1 heterocycles. The van der Waals surface area contributed by atoms with Gasteiger partial charge in [-0.25, -0.2) is 4.79 Å². The number of amides is 2. The first kappa shape index (κ1) is 22.5. The number of nitrogens with zero attached hydrogens (tertiary/aromatic N) is 1. The van der Waals surface area contributed by atoms with Crippen molar-refractivity contribution in [1.29, 1.82) is 0 Å². The summed E-state index contributed by atoms with van der Waals surface area (Å²) >= 11 is 6.17. The minimum absolute atomic E-state index is 0.206. The molecule has 1 aliphatic rings. The molecule has 0 saturated carbocycles. The average molecular weight is 425 g/mol. The molecular weight excluding hydrogens is 400 g/mol. The third-order valence-electron chi connectivity index (χ3n) is 4.54. The molecule has 0 atom stereocenters. The first-order chi connectivity index (χ1) is 13.8. The largest absolute Gasteiger partial charge is 0.491 e. The van der Waals surface area contributed by atoms with Gasteiger partial charge in [-0.15, -0.1) is 0 Å². The molecule has 0 aliphatic carbocycles. The monoisotopic (exact) mass is 424 g/mol. The molecule has 0 unspecified atom stereocenters. The van der Waals surface area contributed by atoms with E-state index in [1.165, 1.54) is 19.3 Å². The third kappa shape index (κ3) is 6.39. The lowest BCUT2D eigenvalue weighted by Gasteiger charge is -2.30. The number of nitrogens with two attached hydrogens (primary N) is 1. The fraction of sp³-hybridized carbons (Fsp3) is 0.450. The van der Waals surface area contributed by atoms with E-state index < -0.39 is 5.97 Å². The lowest BCUT2D eigenvalue weighted by Crippen LogP contribution is -2.43. The second kappa shape index (κ2) is 10.7. The van der Waals surface area contributed by atoms with Crippen molar-refractivity contribution >= 4 is 35.5 Å². The van der Waals surface area contributed by atoms with Gasteiger partial charge in [0, 0.05) is 25.1 Å². The molecule has 2 amide bonds. The van der Waals surface area contributed by atoms with Gasteiger partial charge in [-0.1, -0.05) is 11.6 Å². The maximum Gasteiger partial charge on any atom is 0.331 e. The molecule has 0 radical (unpaired) electrons. The Kier molecular flexibility index (Phi) is 8.33. The van der Waals surface area contributed by atoms with Crippen molar-refractivity contribution in [2.45, 2.75) is 19.8 Å². The highest BCUT2D eigenvalue weighted by molar-refractivity contribution is 6.32. The summed E-state index contributed by atoms with van der Waals surface area (Å²) in [6.45, 7) is 2.74. The van der Waals surface area contributed by atoms with E-state index in [1.54, 1.807) is 17.0 Å². The number of rotatable bonds is 8. The SMILES string of the molecule is CCOc1cc(/C=C/C(=O)OCC(=O)N2CCC(C(N)=O)CC2)cc(Cl)c1OC. The van der Waals surface area contributed by atoms with Gasteiger partial charge in [0.15, 0.2) is 18.1 Å². The van der Waals surface area contributed by atoms with Crippen LogP contribution in [0.3, 0.4) is 0 Å². The van der Waals surface area contributed by atoms with Crippen LogP contribution in [0.5, 0.6) is 11.5 Å². The molecular formula is C20H25ClN2O6. The van der Waals surface area contributed by atoms with Gasteiger partial charge in [0.1, 0.15) is 0 Å². The van der Waals surface area contributed by atoms with E-state index in [9.17, 15) is 14.4 Å². The van der Waals surface area contributed by atoms with Crippen LogP contribution in [-0.2, 0) is 19.1 Å². The molecule has 9 heteroatoms. The second-order valence-electron chi connectivity index (χ2n) is 6.47. The summed E-state index contributed by atoms with van der Waals surface area (Å²) in [6, 6.07) is 3.31. The molecule has 1 fully saturated rings. The van der Waals surface area contributed by atoms with Gasteiger partial charge in [0.2, 0.25) is 5.91 Å². The van der Waals surface area contributed by atoms with E-state index in [-0.39, 0.29) is 24.3 Å². The smallest absolute Gasteiger partial charge is 0.331 e. The van der Waals surface area contributed by atoms with E-state index in [1.807, 2.05) is 6.92 Å². The van der Waals surface area contributed by atoms with E-state index in [4.69, 9.17) is 31.5 Å². The number of ether oxygens (including phenoxy) is 3. The number of piperidine rings is 1. The molecule has 0 bridgehead atoms. The van der Waals surface area contributed by atoms with Crippen LogP contribution in [0.1, 0.15) is 25.3 Å². The standard InChI is InChI=1S/C20H25ClN2O6/c1-3-28-16-11-13(10-15(21)19(16)27-2)4-5-18(25)29-12-17(24)23-8-6-14(7-9-23)20(22)26/h4-5,10-11,14H,3,6-9,12H2,1-2H3,(H2,22,26)/b5-4+. The summed E-state index contributed by atoms with van der Waals surface area (Å²) in [5.74, 6) is -0.637. The van der Waals surface area contributed by atoms with Crippen LogP contribution in [0.25, 0.3) is 6.08 Å². The summed E-state index contributed by atoms with van der Waals surface area (Å²) < 4.78 is 15.7. The molecule has 1 saturated heterocycles. The van der Waals surface area contributed by atoms with Crippen LogP contribution in [0.15, 0.2) is 18.2 Å². The molecule has 1 aliphatic heterocycles. The molecule has 29 heavy (non-hydrogen) atoms. The summed E-state index contributed by atoms with van der Waals surface area (Å²) in [5.41, 5.74) is 5.90. The van der Waals surface area contributed by atoms with Gasteiger partial charge in [-0.2, -0.15) is 0 Å². The maximum atomic E-state index is 12.1. The number of esters is 1. The molecule has 2 N–H and O–H groups in total. The Morgan fingerprint density at radius 3 is 2.55 bits per heavy atom. The Balaban J connectivity index is 1.88. The number of benzene rings is 1. The van der Waals surface area contributed by atoms with E-state index >= 15 is 0 Å². The summed E-state index contributed by atoms with van der Waals surface area (Å²) in [4.78, 5) is 36.8. The molecule has 158 valence electrons. The Hall–Kier alpha value is -2.74. The van der Waals surface area contributed by atoms with Gasteiger partial charge in [0.25, 0.3) is 5.91 Å². The molecule has 0 aromatic heterocycles. The average Bonchev–Trinajstić information content (AvgIpc) is 2.70. The number of hydrogen-bond acceptors (Lipinski definition) is 6. The summed E-state index contributed by atoms with van der Waals surface area (Å²) in [7, 11) is 1.49. The quantitative estimate of drug-likeness (QED) is 0.505. The molecule has 2 rings (SSSR count). The van der Waals surface area contributed by atoms with Gasteiger partial charge >= 0.3 is 5.97 Å². The highest BCUT2D eigenvalue weighted by Crippen LogP contribution is 2.36. The summed E-state index contributed by atoms with van der Waals surface area (Å²) in [6.07, 6.45) is 3.77. The Morgan fingerprint density at radius 2 is 1.97 bits per heavy atom. The highest BCUT2D eigenvalue weighted by Gasteiger charge is 2.26. The van der Waals surface area contributed by atoms with Gasteiger partial charge in [0.05, 0.1) is 18.7 Å². The van der Waals surface area contributed by atoms with Crippen LogP contribution < -0.4 is 15.2 Å². The third-order valence-corrected chi connectivity index (χ3v) is 4.82.